The Morgan fingerprint density at radius 3 is 3.06 bits per heavy atom. The molecule has 0 radical (unpaired) electrons. The molecule has 0 spiro atoms. The van der Waals surface area contributed by atoms with Crippen molar-refractivity contribution in [2.24, 2.45) is 7.05 Å². The Morgan fingerprint density at radius 2 is 2.44 bits per heavy atom. The minimum Gasteiger partial charge on any atom is -0.463 e. The van der Waals surface area contributed by atoms with Gasteiger partial charge in [-0.25, -0.2) is 0 Å². The fourth-order valence-electron chi connectivity index (χ4n) is 1.68. The van der Waals surface area contributed by atoms with E-state index in [1.165, 1.54) is 0 Å². The summed E-state index contributed by atoms with van der Waals surface area (Å²) in [5.74, 6) is 0.554. The number of nitrogens with zero attached hydrogens (tertiary/aromatic N) is 3. The van der Waals surface area contributed by atoms with E-state index in [2.05, 4.69) is 11.7 Å². The van der Waals surface area contributed by atoms with Crippen LogP contribution in [0.2, 0.25) is 0 Å². The molecule has 0 aromatic carbocycles. The lowest BCUT2D eigenvalue weighted by atomic mass is 10.3. The fraction of sp³-hybridized carbons (Fsp3) is 0.231. The van der Waals surface area contributed by atoms with Crippen LogP contribution in [0.15, 0.2) is 41.5 Å². The van der Waals surface area contributed by atoms with Crippen LogP contribution < -0.4 is 0 Å². The van der Waals surface area contributed by atoms with Crippen LogP contribution in [0, 0.1) is 0 Å². The monoisotopic (exact) mass is 245 g/mol. The van der Waals surface area contributed by atoms with Crippen molar-refractivity contribution in [2.45, 2.75) is 0 Å². The number of carbonyl (C=O) groups is 1. The van der Waals surface area contributed by atoms with Gasteiger partial charge < -0.3 is 9.32 Å². The topological polar surface area (TPSA) is 51.3 Å². The second-order valence-corrected chi connectivity index (χ2v) is 3.99. The molecule has 0 aliphatic rings. The first kappa shape index (κ1) is 12.2. The van der Waals surface area contributed by atoms with E-state index >= 15 is 0 Å². The van der Waals surface area contributed by atoms with Gasteiger partial charge in [-0.1, -0.05) is 6.08 Å². The van der Waals surface area contributed by atoms with Crippen LogP contribution in [0.3, 0.4) is 0 Å². The largest absolute Gasteiger partial charge is 0.463 e. The van der Waals surface area contributed by atoms with E-state index in [0.29, 0.717) is 23.7 Å². The molecule has 2 heterocycles. The van der Waals surface area contributed by atoms with Gasteiger partial charge in [-0.3, -0.25) is 9.48 Å². The van der Waals surface area contributed by atoms with E-state index in [1.807, 2.05) is 6.07 Å². The number of aromatic nitrogens is 2. The molecule has 5 heteroatoms. The SMILES string of the molecule is C=CCN(C)C(=O)c1cc(-c2ccco2)nn1C. The maximum absolute atomic E-state index is 12.1. The summed E-state index contributed by atoms with van der Waals surface area (Å²) in [6.45, 7) is 4.11. The lowest BCUT2D eigenvalue weighted by molar-refractivity contribution is 0.0799. The standard InChI is InChI=1S/C13H15N3O2/c1-4-7-15(2)13(17)11-9-10(14-16(11)3)12-6-5-8-18-12/h4-6,8-9H,1,7H2,2-3H3. The number of amides is 1. The predicted molar refractivity (Wildman–Crippen MR) is 68.1 cm³/mol. The highest BCUT2D eigenvalue weighted by Crippen LogP contribution is 2.19. The number of aryl methyl sites for hydroxylation is 1. The van der Waals surface area contributed by atoms with Gasteiger partial charge in [0, 0.05) is 26.7 Å². The number of hydrogen-bond donors (Lipinski definition) is 0. The van der Waals surface area contributed by atoms with Crippen molar-refractivity contribution in [3.05, 3.63) is 42.8 Å². The molecule has 0 bridgehead atoms. The molecule has 18 heavy (non-hydrogen) atoms. The van der Waals surface area contributed by atoms with Crippen molar-refractivity contribution >= 4 is 5.91 Å². The third-order valence-electron chi connectivity index (χ3n) is 2.62. The van der Waals surface area contributed by atoms with Crippen molar-refractivity contribution in [1.29, 1.82) is 0 Å². The van der Waals surface area contributed by atoms with Gasteiger partial charge in [-0.2, -0.15) is 5.10 Å². The van der Waals surface area contributed by atoms with Gasteiger partial charge >= 0.3 is 0 Å². The van der Waals surface area contributed by atoms with Gasteiger partial charge in [0.05, 0.1) is 6.26 Å². The normalized spacial score (nSPS) is 10.3. The maximum Gasteiger partial charge on any atom is 0.272 e. The summed E-state index contributed by atoms with van der Waals surface area (Å²) < 4.78 is 6.81. The molecule has 2 aromatic rings. The van der Waals surface area contributed by atoms with Crippen LogP contribution in [-0.2, 0) is 7.05 Å². The second kappa shape index (κ2) is 4.91. The highest BCUT2D eigenvalue weighted by molar-refractivity contribution is 5.93. The quantitative estimate of drug-likeness (QED) is 0.773. The number of hydrogen-bond acceptors (Lipinski definition) is 3. The van der Waals surface area contributed by atoms with E-state index < -0.39 is 0 Å². The van der Waals surface area contributed by atoms with Crippen LogP contribution in [0.25, 0.3) is 11.5 Å². The Morgan fingerprint density at radius 1 is 1.67 bits per heavy atom. The summed E-state index contributed by atoms with van der Waals surface area (Å²) in [4.78, 5) is 13.7. The maximum atomic E-state index is 12.1. The van der Waals surface area contributed by atoms with Gasteiger partial charge in [0.1, 0.15) is 11.4 Å². The molecule has 0 atom stereocenters. The summed E-state index contributed by atoms with van der Waals surface area (Å²) >= 11 is 0. The van der Waals surface area contributed by atoms with Crippen LogP contribution in [0.5, 0.6) is 0 Å². The van der Waals surface area contributed by atoms with Crippen molar-refractivity contribution in [3.63, 3.8) is 0 Å². The molecule has 0 fully saturated rings. The molecule has 0 unspecified atom stereocenters. The molecule has 5 nitrogen and oxygen atoms in total. The van der Waals surface area contributed by atoms with Crippen LogP contribution in [0.4, 0.5) is 0 Å². The van der Waals surface area contributed by atoms with Crippen molar-refractivity contribution < 1.29 is 9.21 Å². The first-order chi connectivity index (χ1) is 8.63. The Bertz CT molecular complexity index is 555. The Hall–Kier alpha value is -2.30. The molecule has 2 aromatic heterocycles. The molecular weight excluding hydrogens is 230 g/mol. The first-order valence-corrected chi connectivity index (χ1v) is 5.57. The summed E-state index contributed by atoms with van der Waals surface area (Å²) in [5, 5.41) is 4.27. The van der Waals surface area contributed by atoms with Crippen molar-refractivity contribution in [1.82, 2.24) is 14.7 Å². The zero-order chi connectivity index (χ0) is 13.1. The third-order valence-corrected chi connectivity index (χ3v) is 2.62. The minimum absolute atomic E-state index is 0.0947. The Labute approximate surface area is 105 Å². The summed E-state index contributed by atoms with van der Waals surface area (Å²) in [5.41, 5.74) is 1.17. The molecule has 1 amide bonds. The second-order valence-electron chi connectivity index (χ2n) is 3.99. The lowest BCUT2D eigenvalue weighted by Crippen LogP contribution is -2.28. The summed E-state index contributed by atoms with van der Waals surface area (Å²) in [6, 6.07) is 5.32. The molecule has 0 saturated carbocycles. The van der Waals surface area contributed by atoms with Gasteiger partial charge in [-0.05, 0) is 12.1 Å². The highest BCUT2D eigenvalue weighted by Gasteiger charge is 2.18. The van der Waals surface area contributed by atoms with Gasteiger partial charge in [0.2, 0.25) is 0 Å². The van der Waals surface area contributed by atoms with Gasteiger partial charge in [0.15, 0.2) is 5.76 Å². The molecule has 0 N–H and O–H groups in total. The van der Waals surface area contributed by atoms with Crippen molar-refractivity contribution in [2.75, 3.05) is 13.6 Å². The zero-order valence-electron chi connectivity index (χ0n) is 10.5. The lowest BCUT2D eigenvalue weighted by Gasteiger charge is -2.14. The number of rotatable bonds is 4. The van der Waals surface area contributed by atoms with E-state index in [4.69, 9.17) is 4.42 Å². The number of likely N-dealkylation sites (N-methyl/N-ethyl adjacent to an activating group) is 1. The molecule has 0 saturated heterocycles. The number of carbonyl (C=O) groups excluding carboxylic acids is 1. The Balaban J connectivity index is 2.30. The molecule has 94 valence electrons. The average molecular weight is 245 g/mol. The fourth-order valence-corrected chi connectivity index (χ4v) is 1.68. The zero-order valence-corrected chi connectivity index (χ0v) is 10.5. The molecule has 0 aliphatic carbocycles. The minimum atomic E-state index is -0.0947. The third kappa shape index (κ3) is 2.20. The van der Waals surface area contributed by atoms with Gasteiger partial charge in [-0.15, -0.1) is 6.58 Å². The van der Waals surface area contributed by atoms with E-state index in [0.717, 1.165) is 0 Å². The smallest absolute Gasteiger partial charge is 0.272 e. The Kier molecular flexibility index (Phi) is 3.32. The molecule has 2 rings (SSSR count). The van der Waals surface area contributed by atoms with Gasteiger partial charge in [0.25, 0.3) is 5.91 Å². The predicted octanol–water partition coefficient (Wildman–Crippen LogP) is 1.94. The molecular formula is C13H15N3O2. The highest BCUT2D eigenvalue weighted by atomic mass is 16.3. The van der Waals surface area contributed by atoms with Crippen LogP contribution >= 0.6 is 0 Å². The summed E-state index contributed by atoms with van der Waals surface area (Å²) in [7, 11) is 3.46. The van der Waals surface area contributed by atoms with Crippen LogP contribution in [-0.4, -0.2) is 34.2 Å². The summed E-state index contributed by atoms with van der Waals surface area (Å²) in [6.07, 6.45) is 3.26. The van der Waals surface area contributed by atoms with E-state index in [-0.39, 0.29) is 5.91 Å². The first-order valence-electron chi connectivity index (χ1n) is 5.57. The van der Waals surface area contributed by atoms with E-state index in [9.17, 15) is 4.79 Å². The van der Waals surface area contributed by atoms with E-state index in [1.54, 1.807) is 48.1 Å². The van der Waals surface area contributed by atoms with Crippen molar-refractivity contribution in [3.8, 4) is 11.5 Å². The number of furan rings is 1. The van der Waals surface area contributed by atoms with Crippen LogP contribution in [0.1, 0.15) is 10.5 Å². The molecule has 0 aliphatic heterocycles. The average Bonchev–Trinajstić information content (AvgIpc) is 2.97.